The second-order valence-electron chi connectivity index (χ2n) is 11.9. The zero-order valence-corrected chi connectivity index (χ0v) is 24.1. The second-order valence-corrected chi connectivity index (χ2v) is 11.9. The van der Waals surface area contributed by atoms with E-state index in [0.717, 1.165) is 6.54 Å². The van der Waals surface area contributed by atoms with Crippen molar-refractivity contribution >= 4 is 0 Å². The fourth-order valence-electron chi connectivity index (χ4n) is 8.19. The van der Waals surface area contributed by atoms with Crippen LogP contribution in [0.3, 0.4) is 0 Å². The molecule has 1 nitrogen and oxygen atoms in total. The molecule has 6 aromatic carbocycles. The fraction of sp³-hybridized carbons (Fsp3) is 0.122. The highest BCUT2D eigenvalue weighted by molar-refractivity contribution is 5.91. The summed E-state index contributed by atoms with van der Waals surface area (Å²) in [4.78, 5) is 2.28. The minimum atomic E-state index is -0.490. The minimum Gasteiger partial charge on any atom is -0.305 e. The maximum Gasteiger partial charge on any atom is 0.0720 e. The lowest BCUT2D eigenvalue weighted by atomic mass is 9.51. The van der Waals surface area contributed by atoms with E-state index in [9.17, 15) is 0 Å². The lowest BCUT2D eigenvalue weighted by Crippen LogP contribution is -2.44. The van der Waals surface area contributed by atoms with Gasteiger partial charge in [-0.1, -0.05) is 152 Å². The van der Waals surface area contributed by atoms with Crippen LogP contribution in [0.15, 0.2) is 152 Å². The molecule has 2 atom stereocenters. The second kappa shape index (κ2) is 9.41. The van der Waals surface area contributed by atoms with Gasteiger partial charge in [-0.2, -0.15) is 0 Å². The van der Waals surface area contributed by atoms with Gasteiger partial charge in [0, 0.05) is 6.54 Å². The van der Waals surface area contributed by atoms with Crippen LogP contribution in [0.5, 0.6) is 0 Å². The van der Waals surface area contributed by atoms with E-state index in [1.807, 2.05) is 0 Å². The summed E-state index contributed by atoms with van der Waals surface area (Å²) in [6.45, 7) is 0.867. The van der Waals surface area contributed by atoms with Gasteiger partial charge in [0.2, 0.25) is 0 Å². The Morgan fingerprint density at radius 2 is 0.881 bits per heavy atom. The minimum absolute atomic E-state index is 0.408. The SMILES string of the molecule is CN(C)Cc1ccccc1C1(c2ccccc2)c2ccccc2C2(c3ccccc3)c3ccccc3-c3cccc1c32. The molecule has 8 rings (SSSR count). The van der Waals surface area contributed by atoms with Gasteiger partial charge in [0.1, 0.15) is 0 Å². The molecule has 0 aliphatic heterocycles. The van der Waals surface area contributed by atoms with Crippen LogP contribution in [-0.4, -0.2) is 19.0 Å². The van der Waals surface area contributed by atoms with Crippen LogP contribution in [0, 0.1) is 0 Å². The summed E-state index contributed by atoms with van der Waals surface area (Å²) < 4.78 is 0. The van der Waals surface area contributed by atoms with Crippen LogP contribution in [0.1, 0.15) is 50.1 Å². The van der Waals surface area contributed by atoms with Crippen LogP contribution in [0.4, 0.5) is 0 Å². The molecule has 0 amide bonds. The smallest absolute Gasteiger partial charge is 0.0720 e. The van der Waals surface area contributed by atoms with E-state index in [1.165, 1.54) is 61.2 Å². The van der Waals surface area contributed by atoms with Gasteiger partial charge in [-0.05, 0) is 75.3 Å². The zero-order chi connectivity index (χ0) is 28.3. The Balaban J connectivity index is 1.63. The normalized spacial score (nSPS) is 19.7. The van der Waals surface area contributed by atoms with Crippen LogP contribution in [0.25, 0.3) is 11.1 Å². The molecule has 202 valence electrons. The highest BCUT2D eigenvalue weighted by atomic mass is 15.0. The molecule has 0 saturated heterocycles. The monoisotopic (exact) mass is 539 g/mol. The van der Waals surface area contributed by atoms with Crippen LogP contribution in [0.2, 0.25) is 0 Å². The van der Waals surface area contributed by atoms with Gasteiger partial charge in [-0.25, -0.2) is 0 Å². The summed E-state index contributed by atoms with van der Waals surface area (Å²) >= 11 is 0. The molecule has 0 heterocycles. The predicted octanol–water partition coefficient (Wildman–Crippen LogP) is 8.81. The number of nitrogens with zero attached hydrogens (tertiary/aromatic N) is 1. The van der Waals surface area contributed by atoms with Crippen molar-refractivity contribution < 1.29 is 0 Å². The Morgan fingerprint density at radius 3 is 1.55 bits per heavy atom. The third-order valence-corrected chi connectivity index (χ3v) is 9.52. The quantitative estimate of drug-likeness (QED) is 0.211. The van der Waals surface area contributed by atoms with Crippen molar-refractivity contribution in [2.45, 2.75) is 17.4 Å². The van der Waals surface area contributed by atoms with Gasteiger partial charge >= 0.3 is 0 Å². The Morgan fingerprint density at radius 1 is 0.405 bits per heavy atom. The first-order valence-electron chi connectivity index (χ1n) is 14.9. The molecule has 1 heteroatoms. The molecule has 0 fully saturated rings. The van der Waals surface area contributed by atoms with Crippen LogP contribution < -0.4 is 0 Å². The molecular formula is C41H33N. The van der Waals surface area contributed by atoms with Gasteiger partial charge in [0.15, 0.2) is 0 Å². The first kappa shape index (κ1) is 25.0. The van der Waals surface area contributed by atoms with E-state index in [4.69, 9.17) is 0 Å². The maximum atomic E-state index is 2.41. The highest BCUT2D eigenvalue weighted by Gasteiger charge is 2.57. The van der Waals surface area contributed by atoms with Gasteiger partial charge in [-0.3, -0.25) is 0 Å². The Labute approximate surface area is 248 Å². The van der Waals surface area contributed by atoms with E-state index in [-0.39, 0.29) is 0 Å². The number of hydrogen-bond acceptors (Lipinski definition) is 1. The molecule has 0 saturated carbocycles. The molecule has 0 spiro atoms. The van der Waals surface area contributed by atoms with Crippen molar-refractivity contribution in [2.75, 3.05) is 14.1 Å². The first-order valence-corrected chi connectivity index (χ1v) is 14.9. The summed E-state index contributed by atoms with van der Waals surface area (Å²) in [6.07, 6.45) is 0. The number of benzene rings is 6. The molecule has 0 aromatic heterocycles. The van der Waals surface area contributed by atoms with Crippen molar-refractivity contribution in [3.63, 3.8) is 0 Å². The molecule has 2 aliphatic rings. The lowest BCUT2D eigenvalue weighted by Gasteiger charge is -2.50. The molecule has 2 unspecified atom stereocenters. The lowest BCUT2D eigenvalue weighted by molar-refractivity contribution is 0.399. The summed E-state index contributed by atoms with van der Waals surface area (Å²) in [5, 5.41) is 0. The van der Waals surface area contributed by atoms with Crippen LogP contribution in [-0.2, 0) is 17.4 Å². The average Bonchev–Trinajstić information content (AvgIpc) is 3.35. The summed E-state index contributed by atoms with van der Waals surface area (Å²) in [6, 6.07) is 56.9. The van der Waals surface area contributed by atoms with Gasteiger partial charge in [0.25, 0.3) is 0 Å². The van der Waals surface area contributed by atoms with Crippen molar-refractivity contribution in [3.05, 3.63) is 202 Å². The van der Waals surface area contributed by atoms with Crippen molar-refractivity contribution in [3.8, 4) is 11.1 Å². The summed E-state index contributed by atoms with van der Waals surface area (Å²) in [5.41, 5.74) is 14.0. The molecular weight excluding hydrogens is 506 g/mol. The fourth-order valence-corrected chi connectivity index (χ4v) is 8.19. The number of hydrogen-bond donors (Lipinski definition) is 0. The van der Waals surface area contributed by atoms with E-state index in [0.29, 0.717) is 0 Å². The third kappa shape index (κ3) is 3.17. The summed E-state index contributed by atoms with van der Waals surface area (Å²) in [7, 11) is 4.33. The standard InChI is InChI=1S/C41H33N/c1-42(2)28-29-16-9-11-23-34(29)40(30-17-5-3-6-18-30)36-25-13-14-26-37(36)41(31-19-7-4-8-20-31)35-24-12-10-21-32(35)33-22-15-27-38(40)39(33)41/h3-27H,28H2,1-2H3. The highest BCUT2D eigenvalue weighted by Crippen LogP contribution is 2.65. The first-order chi connectivity index (χ1) is 20.7. The Kier molecular flexibility index (Phi) is 5.61. The molecule has 42 heavy (non-hydrogen) atoms. The van der Waals surface area contributed by atoms with E-state index in [2.05, 4.69) is 171 Å². The van der Waals surface area contributed by atoms with E-state index >= 15 is 0 Å². The average molecular weight is 540 g/mol. The molecule has 6 aromatic rings. The van der Waals surface area contributed by atoms with E-state index in [1.54, 1.807) is 0 Å². The number of fused-ring (bicyclic) bond motifs is 5. The van der Waals surface area contributed by atoms with Gasteiger partial charge in [-0.15, -0.1) is 0 Å². The molecule has 2 aliphatic carbocycles. The van der Waals surface area contributed by atoms with Crippen molar-refractivity contribution in [1.29, 1.82) is 0 Å². The maximum absolute atomic E-state index is 2.41. The van der Waals surface area contributed by atoms with E-state index < -0.39 is 10.8 Å². The Bertz CT molecular complexity index is 1940. The van der Waals surface area contributed by atoms with Crippen molar-refractivity contribution in [2.24, 2.45) is 0 Å². The third-order valence-electron chi connectivity index (χ3n) is 9.52. The van der Waals surface area contributed by atoms with Gasteiger partial charge in [0.05, 0.1) is 10.8 Å². The molecule has 0 radical (unpaired) electrons. The van der Waals surface area contributed by atoms with Crippen LogP contribution >= 0.6 is 0 Å². The largest absolute Gasteiger partial charge is 0.305 e. The zero-order valence-electron chi connectivity index (χ0n) is 24.1. The molecule has 0 N–H and O–H groups in total. The Hall–Kier alpha value is -4.72. The van der Waals surface area contributed by atoms with Gasteiger partial charge < -0.3 is 4.90 Å². The molecule has 0 bridgehead atoms. The summed E-state index contributed by atoms with van der Waals surface area (Å²) in [5.74, 6) is 0. The predicted molar refractivity (Wildman–Crippen MR) is 173 cm³/mol. The number of rotatable bonds is 5. The van der Waals surface area contributed by atoms with Crippen molar-refractivity contribution in [1.82, 2.24) is 4.90 Å². The topological polar surface area (TPSA) is 3.24 Å².